The maximum absolute atomic E-state index is 12.4. The average Bonchev–Trinajstić information content (AvgIpc) is 2.25. The Hall–Kier alpha value is -1.67. The summed E-state index contributed by atoms with van der Waals surface area (Å²) in [5.41, 5.74) is -0.816. The summed E-state index contributed by atoms with van der Waals surface area (Å²) in [6, 6.07) is 2.68. The van der Waals surface area contributed by atoms with E-state index in [9.17, 15) is 18.3 Å². The van der Waals surface area contributed by atoms with Crippen molar-refractivity contribution >= 4 is 0 Å². The van der Waals surface area contributed by atoms with Crippen LogP contribution in [0, 0.1) is 11.8 Å². The minimum Gasteiger partial charge on any atom is -0.507 e. The van der Waals surface area contributed by atoms with Gasteiger partial charge in [-0.05, 0) is 25.2 Å². The molecule has 0 unspecified atom stereocenters. The summed E-state index contributed by atoms with van der Waals surface area (Å²) in [5.74, 6) is 4.96. The molecule has 0 atom stereocenters. The molecule has 1 aromatic carbocycles. The fourth-order valence-electron chi connectivity index (χ4n) is 1.16. The zero-order valence-corrected chi connectivity index (χ0v) is 9.23. The summed E-state index contributed by atoms with van der Waals surface area (Å²) in [6.45, 7) is 0.646. The van der Waals surface area contributed by atoms with Gasteiger partial charge in [0.15, 0.2) is 0 Å². The highest BCUT2D eigenvalue weighted by Gasteiger charge is 2.30. The van der Waals surface area contributed by atoms with Gasteiger partial charge in [-0.1, -0.05) is 11.8 Å². The summed E-state index contributed by atoms with van der Waals surface area (Å²) in [5, 5.41) is 12.2. The first kappa shape index (κ1) is 13.4. The molecule has 17 heavy (non-hydrogen) atoms. The molecule has 0 aromatic heterocycles. The summed E-state index contributed by atoms with van der Waals surface area (Å²) >= 11 is 0. The molecule has 1 rings (SSSR count). The van der Waals surface area contributed by atoms with Crippen molar-refractivity contribution in [1.82, 2.24) is 5.32 Å². The number of halogens is 3. The predicted octanol–water partition coefficient (Wildman–Crippen LogP) is 2.37. The van der Waals surface area contributed by atoms with Crippen LogP contribution in [-0.4, -0.2) is 18.7 Å². The van der Waals surface area contributed by atoms with Crippen molar-refractivity contribution in [1.29, 1.82) is 0 Å². The molecule has 2 N–H and O–H groups in total. The number of benzene rings is 1. The fourth-order valence-corrected chi connectivity index (χ4v) is 1.16. The van der Waals surface area contributed by atoms with Crippen LogP contribution < -0.4 is 5.32 Å². The quantitative estimate of drug-likeness (QED) is 0.617. The second-order valence-corrected chi connectivity index (χ2v) is 3.39. The number of nitrogens with one attached hydrogen (secondary N) is 1. The van der Waals surface area contributed by atoms with E-state index >= 15 is 0 Å². The highest BCUT2D eigenvalue weighted by atomic mass is 19.4. The van der Waals surface area contributed by atoms with Gasteiger partial charge in [-0.15, -0.1) is 0 Å². The SMILES string of the molecule is CNCCC#Cc1cc(C(F)(F)F)ccc1O. The van der Waals surface area contributed by atoms with Gasteiger partial charge in [-0.25, -0.2) is 0 Å². The van der Waals surface area contributed by atoms with Gasteiger partial charge in [0, 0.05) is 13.0 Å². The lowest BCUT2D eigenvalue weighted by Crippen LogP contribution is -2.06. The molecule has 0 fully saturated rings. The summed E-state index contributed by atoms with van der Waals surface area (Å²) in [7, 11) is 1.75. The van der Waals surface area contributed by atoms with E-state index in [0.717, 1.165) is 18.2 Å². The molecule has 0 aliphatic carbocycles. The van der Waals surface area contributed by atoms with Crippen LogP contribution in [-0.2, 0) is 6.18 Å². The normalized spacial score (nSPS) is 10.8. The highest BCUT2D eigenvalue weighted by Crippen LogP contribution is 2.31. The first-order valence-corrected chi connectivity index (χ1v) is 4.99. The number of alkyl halides is 3. The molecular weight excluding hydrogens is 231 g/mol. The van der Waals surface area contributed by atoms with Gasteiger partial charge in [0.05, 0.1) is 11.1 Å². The molecule has 0 spiro atoms. The third-order valence-corrected chi connectivity index (χ3v) is 2.05. The minimum absolute atomic E-state index is 0.00377. The van der Waals surface area contributed by atoms with Crippen molar-refractivity contribution < 1.29 is 18.3 Å². The largest absolute Gasteiger partial charge is 0.507 e. The van der Waals surface area contributed by atoms with Crippen LogP contribution in [0.1, 0.15) is 17.5 Å². The van der Waals surface area contributed by atoms with E-state index in [0.29, 0.717) is 13.0 Å². The van der Waals surface area contributed by atoms with Gasteiger partial charge in [-0.3, -0.25) is 0 Å². The molecular formula is C12H12F3NO. The zero-order chi connectivity index (χ0) is 12.9. The van der Waals surface area contributed by atoms with Crippen molar-refractivity contribution in [3.8, 4) is 17.6 Å². The third kappa shape index (κ3) is 4.00. The van der Waals surface area contributed by atoms with E-state index in [4.69, 9.17) is 0 Å². The van der Waals surface area contributed by atoms with E-state index < -0.39 is 11.7 Å². The number of phenols is 1. The van der Waals surface area contributed by atoms with Gasteiger partial charge in [0.2, 0.25) is 0 Å². The van der Waals surface area contributed by atoms with Gasteiger partial charge in [0.1, 0.15) is 5.75 Å². The molecule has 5 heteroatoms. The van der Waals surface area contributed by atoms with Gasteiger partial charge < -0.3 is 10.4 Å². The molecule has 2 nitrogen and oxygen atoms in total. The lowest BCUT2D eigenvalue weighted by molar-refractivity contribution is -0.137. The Morgan fingerprint density at radius 3 is 2.65 bits per heavy atom. The van der Waals surface area contributed by atoms with Crippen LogP contribution in [0.4, 0.5) is 13.2 Å². The number of rotatable bonds is 2. The Balaban J connectivity index is 2.94. The number of hydrogen-bond donors (Lipinski definition) is 2. The monoisotopic (exact) mass is 243 g/mol. The maximum Gasteiger partial charge on any atom is 0.416 e. The Morgan fingerprint density at radius 1 is 1.35 bits per heavy atom. The smallest absolute Gasteiger partial charge is 0.416 e. The maximum atomic E-state index is 12.4. The number of hydrogen-bond acceptors (Lipinski definition) is 2. The molecule has 0 saturated heterocycles. The molecule has 0 saturated carbocycles. The Bertz CT molecular complexity index is 443. The van der Waals surface area contributed by atoms with Crippen LogP contribution in [0.15, 0.2) is 18.2 Å². The summed E-state index contributed by atoms with van der Waals surface area (Å²) in [6.07, 6.45) is -3.92. The molecule has 0 heterocycles. The van der Waals surface area contributed by atoms with Crippen molar-refractivity contribution in [3.05, 3.63) is 29.3 Å². The van der Waals surface area contributed by atoms with Crippen molar-refractivity contribution in [2.24, 2.45) is 0 Å². The summed E-state index contributed by atoms with van der Waals surface area (Å²) < 4.78 is 37.2. The molecule has 0 aliphatic rings. The molecule has 1 aromatic rings. The first-order valence-electron chi connectivity index (χ1n) is 4.99. The topological polar surface area (TPSA) is 32.3 Å². The van der Waals surface area contributed by atoms with Crippen LogP contribution in [0.2, 0.25) is 0 Å². The van der Waals surface area contributed by atoms with Gasteiger partial charge >= 0.3 is 6.18 Å². The Morgan fingerprint density at radius 2 is 2.06 bits per heavy atom. The number of phenolic OH excluding ortho intramolecular Hbond substituents is 1. The standard InChI is InChI=1S/C12H12F3NO/c1-16-7-3-2-4-9-8-10(12(13,14)15)5-6-11(9)17/h5-6,8,16-17H,3,7H2,1H3. The van der Waals surface area contributed by atoms with Gasteiger partial charge in [0.25, 0.3) is 0 Å². The van der Waals surface area contributed by atoms with Crippen molar-refractivity contribution in [2.45, 2.75) is 12.6 Å². The predicted molar refractivity (Wildman–Crippen MR) is 58.5 cm³/mol. The van der Waals surface area contributed by atoms with Gasteiger partial charge in [-0.2, -0.15) is 13.2 Å². The van der Waals surface area contributed by atoms with E-state index in [1.807, 2.05) is 0 Å². The Labute approximate surface area is 97.5 Å². The van der Waals surface area contributed by atoms with Crippen molar-refractivity contribution in [3.63, 3.8) is 0 Å². The second kappa shape index (κ2) is 5.60. The highest BCUT2D eigenvalue weighted by molar-refractivity contribution is 5.47. The molecule has 0 radical (unpaired) electrons. The van der Waals surface area contributed by atoms with Crippen molar-refractivity contribution in [2.75, 3.05) is 13.6 Å². The van der Waals surface area contributed by atoms with E-state index in [1.165, 1.54) is 0 Å². The lowest BCUT2D eigenvalue weighted by atomic mass is 10.1. The molecule has 0 aliphatic heterocycles. The summed E-state index contributed by atoms with van der Waals surface area (Å²) in [4.78, 5) is 0. The molecule has 0 bridgehead atoms. The van der Waals surface area contributed by atoms with E-state index in [2.05, 4.69) is 17.2 Å². The lowest BCUT2D eigenvalue weighted by Gasteiger charge is -2.07. The second-order valence-electron chi connectivity index (χ2n) is 3.39. The van der Waals surface area contributed by atoms with E-state index in [1.54, 1.807) is 7.05 Å². The van der Waals surface area contributed by atoms with Crippen LogP contribution >= 0.6 is 0 Å². The zero-order valence-electron chi connectivity index (χ0n) is 9.23. The van der Waals surface area contributed by atoms with Crippen LogP contribution in [0.5, 0.6) is 5.75 Å². The molecule has 0 amide bonds. The first-order chi connectivity index (χ1) is 7.95. The Kier molecular flexibility index (Phi) is 4.41. The minimum atomic E-state index is -4.42. The fraction of sp³-hybridized carbons (Fsp3) is 0.333. The van der Waals surface area contributed by atoms with Crippen LogP contribution in [0.3, 0.4) is 0 Å². The number of aromatic hydroxyl groups is 1. The molecule has 92 valence electrons. The third-order valence-electron chi connectivity index (χ3n) is 2.05. The average molecular weight is 243 g/mol. The van der Waals surface area contributed by atoms with Crippen LogP contribution in [0.25, 0.3) is 0 Å². The van der Waals surface area contributed by atoms with E-state index in [-0.39, 0.29) is 11.3 Å².